The summed E-state index contributed by atoms with van der Waals surface area (Å²) in [5, 5.41) is 1.93. The maximum atomic E-state index is 12.4. The number of benzene rings is 1. The van der Waals surface area contributed by atoms with Crippen molar-refractivity contribution in [2.45, 2.75) is 37.9 Å². The van der Waals surface area contributed by atoms with Gasteiger partial charge in [-0.25, -0.2) is 0 Å². The van der Waals surface area contributed by atoms with E-state index in [1.807, 2.05) is 5.32 Å². The van der Waals surface area contributed by atoms with E-state index in [1.54, 1.807) is 18.2 Å². The van der Waals surface area contributed by atoms with Crippen molar-refractivity contribution in [3.8, 4) is 0 Å². The van der Waals surface area contributed by atoms with E-state index < -0.39 is 29.9 Å². The Balaban J connectivity index is 1.43. The molecule has 2 heterocycles. The summed E-state index contributed by atoms with van der Waals surface area (Å²) in [5.74, 6) is -2.96. The lowest BCUT2D eigenvalue weighted by atomic mass is 10.0. The van der Waals surface area contributed by atoms with Crippen LogP contribution in [0.25, 0.3) is 0 Å². The molecule has 1 saturated heterocycles. The van der Waals surface area contributed by atoms with Crippen LogP contribution < -0.4 is 5.32 Å². The summed E-state index contributed by atoms with van der Waals surface area (Å²) in [4.78, 5) is 50.8. The number of alkyl halides is 3. The highest BCUT2D eigenvalue weighted by Crippen LogP contribution is 2.26. The lowest BCUT2D eigenvalue weighted by Gasteiger charge is -2.32. The molecule has 11 heteroatoms. The third kappa shape index (κ3) is 4.82. The van der Waals surface area contributed by atoms with Gasteiger partial charge >= 0.3 is 12.1 Å². The van der Waals surface area contributed by atoms with Gasteiger partial charge in [0, 0.05) is 36.6 Å². The fourth-order valence-corrected chi connectivity index (χ4v) is 3.91. The molecule has 0 bridgehead atoms. The number of fused-ring (bicyclic) bond motifs is 1. The van der Waals surface area contributed by atoms with E-state index in [0.29, 0.717) is 15.6 Å². The number of amides is 4. The Labute approximate surface area is 178 Å². The number of likely N-dealkylation sites (tertiary alicyclic amines) is 1. The molecule has 1 fully saturated rings. The molecule has 7 nitrogen and oxygen atoms in total. The molecule has 4 amide bonds. The van der Waals surface area contributed by atoms with Crippen molar-refractivity contribution in [3.05, 3.63) is 33.8 Å². The lowest BCUT2D eigenvalue weighted by molar-refractivity contribution is -0.174. The smallest absolute Gasteiger partial charge is 0.345 e. The SMILES string of the molecule is O=C(CCCN1C(=O)c2ccc(Br)cc2C1=O)N1CCC(NC(=O)C(F)(F)F)CC1. The molecule has 0 saturated carbocycles. The number of nitrogens with one attached hydrogen (secondary N) is 1. The zero-order valence-electron chi connectivity index (χ0n) is 15.8. The van der Waals surface area contributed by atoms with Crippen LogP contribution >= 0.6 is 15.9 Å². The largest absolute Gasteiger partial charge is 0.471 e. The fraction of sp³-hybridized carbons (Fsp3) is 0.474. The number of piperidine rings is 1. The van der Waals surface area contributed by atoms with Crippen LogP contribution in [0.3, 0.4) is 0 Å². The van der Waals surface area contributed by atoms with Gasteiger partial charge in [0.25, 0.3) is 11.8 Å². The second kappa shape index (κ2) is 8.75. The minimum Gasteiger partial charge on any atom is -0.345 e. The first-order valence-electron chi connectivity index (χ1n) is 9.39. The average molecular weight is 490 g/mol. The number of carbonyl (C=O) groups is 4. The standard InChI is InChI=1S/C19H19BrF3N3O4/c20-11-3-4-13-14(10-11)17(29)26(16(13)28)7-1-2-15(27)25-8-5-12(6-9-25)24-18(30)19(21,22)23/h3-4,10,12H,1-2,5-9H2,(H,24,30). The number of halogens is 4. The molecule has 1 aromatic carbocycles. The molecule has 0 aromatic heterocycles. The molecule has 30 heavy (non-hydrogen) atoms. The zero-order chi connectivity index (χ0) is 22.1. The summed E-state index contributed by atoms with van der Waals surface area (Å²) >= 11 is 3.26. The lowest BCUT2D eigenvalue weighted by Crippen LogP contribution is -2.49. The molecule has 0 spiro atoms. The molecule has 0 radical (unpaired) electrons. The molecule has 2 aliphatic rings. The Morgan fingerprint density at radius 3 is 2.37 bits per heavy atom. The quantitative estimate of drug-likeness (QED) is 0.643. The summed E-state index contributed by atoms with van der Waals surface area (Å²) in [5.41, 5.74) is 0.654. The highest BCUT2D eigenvalue weighted by Gasteiger charge is 2.40. The van der Waals surface area contributed by atoms with E-state index >= 15 is 0 Å². The molecule has 1 N–H and O–H groups in total. The van der Waals surface area contributed by atoms with Gasteiger partial charge in [-0.3, -0.25) is 24.1 Å². The van der Waals surface area contributed by atoms with E-state index in [-0.39, 0.29) is 51.2 Å². The minimum absolute atomic E-state index is 0.105. The first-order chi connectivity index (χ1) is 14.1. The van der Waals surface area contributed by atoms with Crippen LogP contribution in [0.2, 0.25) is 0 Å². The van der Waals surface area contributed by atoms with Gasteiger partial charge in [0.1, 0.15) is 0 Å². The number of carbonyl (C=O) groups excluding carboxylic acids is 4. The first-order valence-corrected chi connectivity index (χ1v) is 10.2. The highest BCUT2D eigenvalue weighted by atomic mass is 79.9. The molecule has 0 atom stereocenters. The number of imide groups is 1. The van der Waals surface area contributed by atoms with Gasteiger partial charge < -0.3 is 10.2 Å². The second-order valence-corrected chi connectivity index (χ2v) is 8.10. The predicted molar refractivity (Wildman–Crippen MR) is 103 cm³/mol. The molecule has 0 unspecified atom stereocenters. The number of rotatable bonds is 5. The van der Waals surface area contributed by atoms with Gasteiger partial charge in [0.05, 0.1) is 11.1 Å². The van der Waals surface area contributed by atoms with Crippen LogP contribution in [0.4, 0.5) is 13.2 Å². The van der Waals surface area contributed by atoms with Crippen molar-refractivity contribution in [2.24, 2.45) is 0 Å². The summed E-state index contributed by atoms with van der Waals surface area (Å²) in [6, 6.07) is 4.22. The number of hydrogen-bond donors (Lipinski definition) is 1. The Kier molecular flexibility index (Phi) is 6.49. The van der Waals surface area contributed by atoms with Crippen molar-refractivity contribution in [1.29, 1.82) is 0 Å². The number of nitrogens with zero attached hydrogens (tertiary/aromatic N) is 2. The van der Waals surface area contributed by atoms with Gasteiger partial charge in [-0.1, -0.05) is 15.9 Å². The Morgan fingerprint density at radius 2 is 1.73 bits per heavy atom. The van der Waals surface area contributed by atoms with Gasteiger partial charge in [-0.2, -0.15) is 13.2 Å². The van der Waals surface area contributed by atoms with E-state index in [2.05, 4.69) is 15.9 Å². The zero-order valence-corrected chi connectivity index (χ0v) is 17.4. The fourth-order valence-electron chi connectivity index (χ4n) is 3.55. The molecular weight excluding hydrogens is 471 g/mol. The van der Waals surface area contributed by atoms with Crippen LogP contribution in [0.1, 0.15) is 46.4 Å². The summed E-state index contributed by atoms with van der Waals surface area (Å²) in [6.45, 7) is 0.583. The second-order valence-electron chi connectivity index (χ2n) is 7.18. The molecule has 2 aliphatic heterocycles. The van der Waals surface area contributed by atoms with E-state index in [4.69, 9.17) is 0 Å². The van der Waals surface area contributed by atoms with Gasteiger partial charge in [0.2, 0.25) is 5.91 Å². The maximum Gasteiger partial charge on any atom is 0.471 e. The normalized spacial score (nSPS) is 17.3. The molecule has 3 rings (SSSR count). The van der Waals surface area contributed by atoms with Crippen LogP contribution in [0.15, 0.2) is 22.7 Å². The number of hydrogen-bond acceptors (Lipinski definition) is 4. The molecular formula is C19H19BrF3N3O4. The average Bonchev–Trinajstić information content (AvgIpc) is 2.92. The van der Waals surface area contributed by atoms with Crippen molar-refractivity contribution in [3.63, 3.8) is 0 Å². The third-order valence-corrected chi connectivity index (χ3v) is 5.64. The first kappa shape index (κ1) is 22.3. The van der Waals surface area contributed by atoms with Crippen molar-refractivity contribution in [2.75, 3.05) is 19.6 Å². The summed E-state index contributed by atoms with van der Waals surface area (Å²) in [7, 11) is 0. The van der Waals surface area contributed by atoms with E-state index in [0.717, 1.165) is 4.90 Å². The van der Waals surface area contributed by atoms with Crippen molar-refractivity contribution in [1.82, 2.24) is 15.1 Å². The molecule has 0 aliphatic carbocycles. The predicted octanol–water partition coefficient (Wildman–Crippen LogP) is 2.49. The Hall–Kier alpha value is -2.43. The minimum atomic E-state index is -4.92. The summed E-state index contributed by atoms with van der Waals surface area (Å²) < 4.78 is 37.6. The maximum absolute atomic E-state index is 12.4. The summed E-state index contributed by atoms with van der Waals surface area (Å²) in [6.07, 6.45) is -4.05. The van der Waals surface area contributed by atoms with Gasteiger partial charge in [0.15, 0.2) is 0 Å². The molecule has 162 valence electrons. The Morgan fingerprint density at radius 1 is 1.10 bits per heavy atom. The third-order valence-electron chi connectivity index (χ3n) is 5.15. The highest BCUT2D eigenvalue weighted by molar-refractivity contribution is 9.10. The van der Waals surface area contributed by atoms with E-state index in [1.165, 1.54) is 4.90 Å². The molecule has 1 aromatic rings. The van der Waals surface area contributed by atoms with Gasteiger partial charge in [-0.15, -0.1) is 0 Å². The topological polar surface area (TPSA) is 86.8 Å². The van der Waals surface area contributed by atoms with Gasteiger partial charge in [-0.05, 0) is 37.5 Å². The van der Waals surface area contributed by atoms with Crippen molar-refractivity contribution < 1.29 is 32.3 Å². The Bertz CT molecular complexity index is 882. The monoisotopic (exact) mass is 489 g/mol. The van der Waals surface area contributed by atoms with Crippen LogP contribution in [0.5, 0.6) is 0 Å². The van der Waals surface area contributed by atoms with Crippen LogP contribution in [-0.4, -0.2) is 65.3 Å². The van der Waals surface area contributed by atoms with Crippen molar-refractivity contribution >= 4 is 39.6 Å². The van der Waals surface area contributed by atoms with Crippen LogP contribution in [-0.2, 0) is 9.59 Å². The van der Waals surface area contributed by atoms with E-state index in [9.17, 15) is 32.3 Å². The van der Waals surface area contributed by atoms with Crippen LogP contribution in [0, 0.1) is 0 Å².